The highest BCUT2D eigenvalue weighted by atomic mass is 32.2. The lowest BCUT2D eigenvalue weighted by Gasteiger charge is -2.18. The number of pyridine rings is 1. The Bertz CT molecular complexity index is 1110. The lowest BCUT2D eigenvalue weighted by molar-refractivity contribution is 0.0693. The number of halogens is 1. The molecule has 4 rings (SSSR count). The van der Waals surface area contributed by atoms with Crippen LogP contribution in [-0.2, 0) is 6.42 Å². The Morgan fingerprint density at radius 1 is 1.19 bits per heavy atom. The minimum atomic E-state index is -1.23. The topological polar surface area (TPSA) is 59.3 Å². The first-order valence-electron chi connectivity index (χ1n) is 8.46. The molecule has 0 aliphatic carbocycles. The van der Waals surface area contributed by atoms with Crippen molar-refractivity contribution in [3.63, 3.8) is 0 Å². The van der Waals surface area contributed by atoms with Crippen molar-refractivity contribution < 1.29 is 14.3 Å². The molecule has 4 nitrogen and oxygen atoms in total. The molecule has 0 saturated carbocycles. The third-order valence-electron chi connectivity index (χ3n) is 4.71. The average molecular weight is 381 g/mol. The monoisotopic (exact) mass is 381 g/mol. The van der Waals surface area contributed by atoms with E-state index in [1.165, 1.54) is 18.2 Å². The number of para-hydroxylation sites is 1. The van der Waals surface area contributed by atoms with Crippen LogP contribution in [0.2, 0.25) is 0 Å². The zero-order valence-corrected chi connectivity index (χ0v) is 15.3. The number of nitrogens with zero attached hydrogens (tertiary/aromatic N) is 1. The lowest BCUT2D eigenvalue weighted by atomic mass is 10.0. The van der Waals surface area contributed by atoms with Crippen LogP contribution in [0.4, 0.5) is 4.39 Å². The smallest absolute Gasteiger partial charge is 0.341 e. The highest BCUT2D eigenvalue weighted by Crippen LogP contribution is 2.44. The number of carboxylic acid groups (broad SMARTS) is 1. The summed E-state index contributed by atoms with van der Waals surface area (Å²) in [5.74, 6) is -1.55. The molecule has 2 aromatic carbocycles. The SMILES string of the molecule is Cc1cc(=O)c(C(=O)O)c2n1-c1ccccc1S[C@H](c1ccc(F)cc1)C2. The number of carbonyl (C=O) groups is 1. The number of thioether (sulfide) groups is 1. The molecular weight excluding hydrogens is 365 g/mol. The van der Waals surface area contributed by atoms with Gasteiger partial charge in [-0.2, -0.15) is 0 Å². The molecule has 1 aromatic heterocycles. The van der Waals surface area contributed by atoms with Crippen molar-refractivity contribution in [2.75, 3.05) is 0 Å². The van der Waals surface area contributed by atoms with E-state index in [4.69, 9.17) is 0 Å². The van der Waals surface area contributed by atoms with E-state index in [0.29, 0.717) is 17.8 Å². The predicted molar refractivity (Wildman–Crippen MR) is 102 cm³/mol. The number of carboxylic acids is 1. The number of aromatic nitrogens is 1. The maximum atomic E-state index is 13.4. The van der Waals surface area contributed by atoms with Crippen LogP contribution in [-0.4, -0.2) is 15.6 Å². The van der Waals surface area contributed by atoms with Gasteiger partial charge in [-0.1, -0.05) is 24.3 Å². The molecule has 0 radical (unpaired) electrons. The van der Waals surface area contributed by atoms with E-state index in [2.05, 4.69) is 0 Å². The first kappa shape index (κ1) is 17.5. The summed E-state index contributed by atoms with van der Waals surface area (Å²) in [4.78, 5) is 25.2. The molecule has 0 amide bonds. The Hall–Kier alpha value is -2.86. The van der Waals surface area contributed by atoms with Gasteiger partial charge in [0, 0.05) is 34.0 Å². The molecule has 1 aliphatic rings. The zero-order valence-electron chi connectivity index (χ0n) is 14.5. The van der Waals surface area contributed by atoms with Crippen molar-refractivity contribution in [2.24, 2.45) is 0 Å². The van der Waals surface area contributed by atoms with Crippen LogP contribution < -0.4 is 5.43 Å². The number of fused-ring (bicyclic) bond motifs is 3. The Morgan fingerprint density at radius 2 is 1.89 bits per heavy atom. The molecule has 0 fully saturated rings. The number of aryl methyl sites for hydroxylation is 1. The van der Waals surface area contributed by atoms with Gasteiger partial charge in [-0.3, -0.25) is 4.79 Å². The molecule has 136 valence electrons. The molecule has 1 aliphatic heterocycles. The van der Waals surface area contributed by atoms with Crippen molar-refractivity contribution in [3.8, 4) is 5.69 Å². The second-order valence-corrected chi connectivity index (χ2v) is 7.69. The van der Waals surface area contributed by atoms with E-state index >= 15 is 0 Å². The van der Waals surface area contributed by atoms with Crippen molar-refractivity contribution in [3.05, 3.63) is 93.2 Å². The second kappa shape index (κ2) is 6.70. The molecule has 3 aromatic rings. The zero-order chi connectivity index (χ0) is 19.1. The van der Waals surface area contributed by atoms with E-state index in [-0.39, 0.29) is 16.6 Å². The lowest BCUT2D eigenvalue weighted by Crippen LogP contribution is -2.24. The van der Waals surface area contributed by atoms with Gasteiger partial charge in [0.05, 0.1) is 5.69 Å². The van der Waals surface area contributed by atoms with Crippen LogP contribution in [0.25, 0.3) is 5.69 Å². The Kier molecular flexibility index (Phi) is 4.36. The maximum Gasteiger partial charge on any atom is 0.341 e. The quantitative estimate of drug-likeness (QED) is 0.716. The minimum absolute atomic E-state index is 0.139. The number of rotatable bonds is 2. The molecule has 0 spiro atoms. The van der Waals surface area contributed by atoms with Gasteiger partial charge in [0.15, 0.2) is 5.43 Å². The van der Waals surface area contributed by atoms with Crippen molar-refractivity contribution in [1.82, 2.24) is 4.57 Å². The molecule has 0 bridgehead atoms. The standard InChI is InChI=1S/C21H16FNO3S/c1-12-10-17(24)20(21(25)26)16-11-19(13-6-8-14(22)9-7-13)27-18-5-3-2-4-15(18)23(12)16/h2-10,19H,11H2,1H3,(H,25,26)/t19-/m0/s1. The third kappa shape index (κ3) is 3.06. The summed E-state index contributed by atoms with van der Waals surface area (Å²) in [6.07, 6.45) is 0.351. The molecule has 0 saturated heterocycles. The Labute approximate surface area is 159 Å². The summed E-state index contributed by atoms with van der Waals surface area (Å²) < 4.78 is 15.2. The fourth-order valence-corrected chi connectivity index (χ4v) is 4.80. The molecule has 1 atom stereocenters. The van der Waals surface area contributed by atoms with Crippen LogP contribution in [0, 0.1) is 12.7 Å². The second-order valence-electron chi connectivity index (χ2n) is 6.44. The van der Waals surface area contributed by atoms with E-state index < -0.39 is 11.4 Å². The largest absolute Gasteiger partial charge is 0.477 e. The van der Waals surface area contributed by atoms with Gasteiger partial charge < -0.3 is 9.67 Å². The van der Waals surface area contributed by atoms with Crippen molar-refractivity contribution in [2.45, 2.75) is 23.5 Å². The van der Waals surface area contributed by atoms with Crippen LogP contribution in [0.3, 0.4) is 0 Å². The summed E-state index contributed by atoms with van der Waals surface area (Å²) in [7, 11) is 0. The fourth-order valence-electron chi connectivity index (χ4n) is 3.53. The van der Waals surface area contributed by atoms with Gasteiger partial charge in [0.1, 0.15) is 11.4 Å². The van der Waals surface area contributed by atoms with E-state index in [0.717, 1.165) is 16.1 Å². The normalized spacial score (nSPS) is 15.6. The number of hydrogen-bond acceptors (Lipinski definition) is 3. The summed E-state index contributed by atoms with van der Waals surface area (Å²) in [5, 5.41) is 9.54. The van der Waals surface area contributed by atoms with Gasteiger partial charge >= 0.3 is 5.97 Å². The van der Waals surface area contributed by atoms with Crippen LogP contribution in [0.1, 0.15) is 32.6 Å². The fraction of sp³-hybridized carbons (Fsp3) is 0.143. The van der Waals surface area contributed by atoms with Gasteiger partial charge in [0.25, 0.3) is 0 Å². The van der Waals surface area contributed by atoms with E-state index in [9.17, 15) is 19.1 Å². The molecule has 0 unspecified atom stereocenters. The minimum Gasteiger partial charge on any atom is -0.477 e. The number of aromatic carboxylic acids is 1. The Morgan fingerprint density at radius 3 is 2.59 bits per heavy atom. The molecular formula is C21H16FNO3S. The van der Waals surface area contributed by atoms with E-state index in [1.54, 1.807) is 30.8 Å². The molecule has 27 heavy (non-hydrogen) atoms. The van der Waals surface area contributed by atoms with Gasteiger partial charge in [-0.25, -0.2) is 9.18 Å². The molecule has 2 heterocycles. The maximum absolute atomic E-state index is 13.4. The van der Waals surface area contributed by atoms with Crippen LogP contribution >= 0.6 is 11.8 Å². The average Bonchev–Trinajstić information content (AvgIpc) is 2.79. The first-order valence-corrected chi connectivity index (χ1v) is 9.34. The Balaban J connectivity index is 2.01. The highest BCUT2D eigenvalue weighted by Gasteiger charge is 2.28. The number of hydrogen-bond donors (Lipinski definition) is 1. The first-order chi connectivity index (χ1) is 13.0. The van der Waals surface area contributed by atoms with E-state index in [1.807, 2.05) is 28.8 Å². The molecule has 6 heteroatoms. The van der Waals surface area contributed by atoms with Crippen LogP contribution in [0.15, 0.2) is 64.3 Å². The van der Waals surface area contributed by atoms with Gasteiger partial charge in [0.2, 0.25) is 0 Å². The van der Waals surface area contributed by atoms with Gasteiger partial charge in [-0.15, -0.1) is 11.8 Å². The predicted octanol–water partition coefficient (Wildman–Crippen LogP) is 4.37. The summed E-state index contributed by atoms with van der Waals surface area (Å²) in [6.45, 7) is 1.80. The summed E-state index contributed by atoms with van der Waals surface area (Å²) in [5.41, 5.74) is 2.20. The van der Waals surface area contributed by atoms with Crippen molar-refractivity contribution in [1.29, 1.82) is 0 Å². The third-order valence-corrected chi connectivity index (χ3v) is 6.03. The highest BCUT2D eigenvalue weighted by molar-refractivity contribution is 7.99. The van der Waals surface area contributed by atoms with Gasteiger partial charge in [-0.05, 0) is 36.8 Å². The van der Waals surface area contributed by atoms with Crippen molar-refractivity contribution >= 4 is 17.7 Å². The number of benzene rings is 2. The molecule has 1 N–H and O–H groups in total. The summed E-state index contributed by atoms with van der Waals surface area (Å²) in [6, 6.07) is 15.3. The summed E-state index contributed by atoms with van der Waals surface area (Å²) >= 11 is 1.59. The van der Waals surface area contributed by atoms with Crippen LogP contribution in [0.5, 0.6) is 0 Å².